The smallest absolute Gasteiger partial charge is 0.303 e. The average Bonchev–Trinajstić information content (AvgIpc) is 2.92. The summed E-state index contributed by atoms with van der Waals surface area (Å²) in [7, 11) is 0. The van der Waals surface area contributed by atoms with E-state index < -0.39 is 5.97 Å². The van der Waals surface area contributed by atoms with E-state index in [1.807, 2.05) is 61.9 Å². The molecule has 1 aromatic heterocycles. The average molecular weight is 357 g/mol. The normalized spacial score (nSPS) is 13.2. The second kappa shape index (κ2) is 9.17. The standard InChI is InChI=1S/C20H27N3O3/c1-14-11-15(2)23(22-14)16(3)12-19(24)21-18(9-10-20(25)26)13-17-7-5-4-6-8-17/h4-8,11,16,18H,9-10,12-13H2,1-3H3,(H,21,24)(H,25,26). The van der Waals surface area contributed by atoms with Crippen molar-refractivity contribution in [1.29, 1.82) is 0 Å². The van der Waals surface area contributed by atoms with Crippen molar-refractivity contribution in [1.82, 2.24) is 15.1 Å². The summed E-state index contributed by atoms with van der Waals surface area (Å²) in [5, 5.41) is 16.4. The molecule has 0 aliphatic carbocycles. The van der Waals surface area contributed by atoms with Crippen LogP contribution in [-0.2, 0) is 16.0 Å². The largest absolute Gasteiger partial charge is 0.481 e. The van der Waals surface area contributed by atoms with Gasteiger partial charge in [0.15, 0.2) is 0 Å². The molecule has 0 aliphatic rings. The van der Waals surface area contributed by atoms with Crippen LogP contribution in [0.4, 0.5) is 0 Å². The number of carbonyl (C=O) groups excluding carboxylic acids is 1. The highest BCUT2D eigenvalue weighted by molar-refractivity contribution is 5.76. The zero-order valence-corrected chi connectivity index (χ0v) is 15.6. The maximum Gasteiger partial charge on any atom is 0.303 e. The highest BCUT2D eigenvalue weighted by Crippen LogP contribution is 2.15. The molecule has 0 spiro atoms. The lowest BCUT2D eigenvalue weighted by Crippen LogP contribution is -2.37. The Bertz CT molecular complexity index is 740. The first kappa shape index (κ1) is 19.7. The second-order valence-electron chi connectivity index (χ2n) is 6.81. The Morgan fingerprint density at radius 2 is 1.92 bits per heavy atom. The van der Waals surface area contributed by atoms with Gasteiger partial charge in [0.25, 0.3) is 0 Å². The van der Waals surface area contributed by atoms with Gasteiger partial charge in [-0.15, -0.1) is 0 Å². The third-order valence-corrected chi connectivity index (χ3v) is 4.34. The molecule has 2 atom stereocenters. The summed E-state index contributed by atoms with van der Waals surface area (Å²) in [6.45, 7) is 5.86. The van der Waals surface area contributed by atoms with E-state index in [0.717, 1.165) is 17.0 Å². The lowest BCUT2D eigenvalue weighted by atomic mass is 10.0. The van der Waals surface area contributed by atoms with Crippen molar-refractivity contribution >= 4 is 11.9 Å². The van der Waals surface area contributed by atoms with Crippen molar-refractivity contribution in [2.75, 3.05) is 0 Å². The predicted molar refractivity (Wildman–Crippen MR) is 100.0 cm³/mol. The molecule has 2 rings (SSSR count). The van der Waals surface area contributed by atoms with Crippen LogP contribution in [0.25, 0.3) is 0 Å². The van der Waals surface area contributed by atoms with E-state index in [2.05, 4.69) is 10.4 Å². The number of carboxylic acids is 1. The zero-order valence-electron chi connectivity index (χ0n) is 15.6. The highest BCUT2D eigenvalue weighted by Gasteiger charge is 2.18. The number of nitrogens with one attached hydrogen (secondary N) is 1. The molecule has 2 unspecified atom stereocenters. The number of nitrogens with zero attached hydrogens (tertiary/aromatic N) is 2. The second-order valence-corrected chi connectivity index (χ2v) is 6.81. The molecule has 140 valence electrons. The summed E-state index contributed by atoms with van der Waals surface area (Å²) in [5.74, 6) is -0.940. The Morgan fingerprint density at radius 3 is 2.50 bits per heavy atom. The summed E-state index contributed by atoms with van der Waals surface area (Å²) >= 11 is 0. The van der Waals surface area contributed by atoms with Gasteiger partial charge in [0, 0.05) is 24.6 Å². The van der Waals surface area contributed by atoms with Crippen LogP contribution in [0, 0.1) is 13.8 Å². The molecular weight excluding hydrogens is 330 g/mol. The molecule has 0 aliphatic heterocycles. The summed E-state index contributed by atoms with van der Waals surface area (Å²) in [5.41, 5.74) is 3.03. The number of hydrogen-bond acceptors (Lipinski definition) is 3. The van der Waals surface area contributed by atoms with Crippen LogP contribution < -0.4 is 5.32 Å². The van der Waals surface area contributed by atoms with Crippen LogP contribution in [0.3, 0.4) is 0 Å². The van der Waals surface area contributed by atoms with Gasteiger partial charge in [-0.05, 0) is 45.2 Å². The van der Waals surface area contributed by atoms with Crippen molar-refractivity contribution < 1.29 is 14.7 Å². The number of aryl methyl sites for hydroxylation is 2. The molecule has 2 N–H and O–H groups in total. The first-order valence-electron chi connectivity index (χ1n) is 8.93. The van der Waals surface area contributed by atoms with Crippen molar-refractivity contribution in [2.45, 2.75) is 58.5 Å². The Morgan fingerprint density at radius 1 is 1.23 bits per heavy atom. The van der Waals surface area contributed by atoms with Crippen molar-refractivity contribution in [3.05, 3.63) is 53.3 Å². The molecule has 0 saturated heterocycles. The number of carboxylic acid groups (broad SMARTS) is 1. The first-order valence-corrected chi connectivity index (χ1v) is 8.93. The topological polar surface area (TPSA) is 84.2 Å². The fraction of sp³-hybridized carbons (Fsp3) is 0.450. The third kappa shape index (κ3) is 6.02. The fourth-order valence-electron chi connectivity index (χ4n) is 3.16. The van der Waals surface area contributed by atoms with Crippen LogP contribution in [0.15, 0.2) is 36.4 Å². The Labute approximate surface area is 154 Å². The number of aliphatic carboxylic acids is 1. The van der Waals surface area contributed by atoms with E-state index in [4.69, 9.17) is 5.11 Å². The lowest BCUT2D eigenvalue weighted by molar-refractivity contribution is -0.137. The van der Waals surface area contributed by atoms with E-state index in [1.165, 1.54) is 0 Å². The van der Waals surface area contributed by atoms with Gasteiger partial charge < -0.3 is 10.4 Å². The molecule has 26 heavy (non-hydrogen) atoms. The molecule has 0 bridgehead atoms. The van der Waals surface area contributed by atoms with Gasteiger partial charge in [-0.1, -0.05) is 30.3 Å². The number of benzene rings is 1. The van der Waals surface area contributed by atoms with Crippen LogP contribution >= 0.6 is 0 Å². The molecule has 2 aromatic rings. The summed E-state index contributed by atoms with van der Waals surface area (Å²) < 4.78 is 1.86. The van der Waals surface area contributed by atoms with Crippen molar-refractivity contribution in [2.24, 2.45) is 0 Å². The lowest BCUT2D eigenvalue weighted by Gasteiger charge is -2.20. The minimum absolute atomic E-state index is 0.0325. The van der Waals surface area contributed by atoms with Crippen LogP contribution in [0.1, 0.15) is 49.2 Å². The number of carbonyl (C=O) groups is 2. The van der Waals surface area contributed by atoms with Crippen LogP contribution in [0.2, 0.25) is 0 Å². The van der Waals surface area contributed by atoms with Gasteiger partial charge >= 0.3 is 5.97 Å². The van der Waals surface area contributed by atoms with Crippen molar-refractivity contribution in [3.8, 4) is 0 Å². The first-order chi connectivity index (χ1) is 12.3. The predicted octanol–water partition coefficient (Wildman–Crippen LogP) is 3.04. The van der Waals surface area contributed by atoms with E-state index in [9.17, 15) is 9.59 Å². The summed E-state index contributed by atoms with van der Waals surface area (Å²) in [6.07, 6.45) is 1.36. The van der Waals surface area contributed by atoms with E-state index >= 15 is 0 Å². The summed E-state index contributed by atoms with van der Waals surface area (Å²) in [4.78, 5) is 23.4. The quantitative estimate of drug-likeness (QED) is 0.722. The van der Waals surface area contributed by atoms with Gasteiger partial charge in [-0.3, -0.25) is 14.3 Å². The molecule has 1 heterocycles. The van der Waals surface area contributed by atoms with E-state index in [1.54, 1.807) is 0 Å². The minimum atomic E-state index is -0.853. The fourth-order valence-corrected chi connectivity index (χ4v) is 3.16. The van der Waals surface area contributed by atoms with Crippen molar-refractivity contribution in [3.63, 3.8) is 0 Å². The molecule has 0 radical (unpaired) electrons. The van der Waals surface area contributed by atoms with Gasteiger partial charge in [0.05, 0.1) is 11.7 Å². The van der Waals surface area contributed by atoms with Crippen LogP contribution in [0.5, 0.6) is 0 Å². The third-order valence-electron chi connectivity index (χ3n) is 4.34. The Hall–Kier alpha value is -2.63. The van der Waals surface area contributed by atoms with Gasteiger partial charge in [-0.2, -0.15) is 5.10 Å². The van der Waals surface area contributed by atoms with Gasteiger partial charge in [0.2, 0.25) is 5.91 Å². The molecular formula is C20H27N3O3. The van der Waals surface area contributed by atoms with Gasteiger partial charge in [0.1, 0.15) is 0 Å². The molecule has 6 nitrogen and oxygen atoms in total. The molecule has 0 fully saturated rings. The maximum absolute atomic E-state index is 12.5. The Kier molecular flexibility index (Phi) is 6.95. The van der Waals surface area contributed by atoms with Gasteiger partial charge in [-0.25, -0.2) is 0 Å². The van der Waals surface area contributed by atoms with Crippen LogP contribution in [-0.4, -0.2) is 32.8 Å². The molecule has 1 aromatic carbocycles. The van der Waals surface area contributed by atoms with E-state index in [-0.39, 0.29) is 24.4 Å². The number of aromatic nitrogens is 2. The SMILES string of the molecule is Cc1cc(C)n(C(C)CC(=O)NC(CCC(=O)O)Cc2ccccc2)n1. The van der Waals surface area contributed by atoms with E-state index in [0.29, 0.717) is 19.3 Å². The molecule has 6 heteroatoms. The highest BCUT2D eigenvalue weighted by atomic mass is 16.4. The zero-order chi connectivity index (χ0) is 19.1. The maximum atomic E-state index is 12.5. The molecule has 1 amide bonds. The Balaban J connectivity index is 1.98. The summed E-state index contributed by atoms with van der Waals surface area (Å²) in [6, 6.07) is 11.5. The number of amides is 1. The number of rotatable bonds is 9. The minimum Gasteiger partial charge on any atom is -0.481 e. The number of hydrogen-bond donors (Lipinski definition) is 2. The molecule has 0 saturated carbocycles. The monoisotopic (exact) mass is 357 g/mol.